The number of amides is 1. The number of benzene rings is 1. The fourth-order valence-electron chi connectivity index (χ4n) is 1.50. The van der Waals surface area contributed by atoms with Crippen molar-refractivity contribution in [3.8, 4) is 0 Å². The molecule has 1 heterocycles. The summed E-state index contributed by atoms with van der Waals surface area (Å²) in [5.74, 6) is 0.763. The van der Waals surface area contributed by atoms with E-state index in [0.717, 1.165) is 15.1 Å². The molecule has 2 rings (SSSR count). The average Bonchev–Trinajstić information content (AvgIpc) is 2.91. The first-order valence-electron chi connectivity index (χ1n) is 5.87. The predicted octanol–water partition coefficient (Wildman–Crippen LogP) is 3.84. The second-order valence-electron chi connectivity index (χ2n) is 4.01. The molecule has 5 heteroatoms. The smallest absolute Gasteiger partial charge is 0.233 e. The van der Waals surface area contributed by atoms with E-state index in [1.807, 2.05) is 43.3 Å². The van der Waals surface area contributed by atoms with Crippen LogP contribution in [0.25, 0.3) is 0 Å². The molecule has 1 N–H and O–H groups in total. The molecular weight excluding hydrogens is 326 g/mol. The number of nitrogens with one attached hydrogen (secondary N) is 1. The highest BCUT2D eigenvalue weighted by molar-refractivity contribution is 9.10. The summed E-state index contributed by atoms with van der Waals surface area (Å²) in [5.41, 5.74) is 0. The summed E-state index contributed by atoms with van der Waals surface area (Å²) in [5, 5.41) is 2.71. The van der Waals surface area contributed by atoms with E-state index in [9.17, 15) is 4.79 Å². The Morgan fingerprint density at radius 1 is 1.37 bits per heavy atom. The van der Waals surface area contributed by atoms with Gasteiger partial charge in [-0.1, -0.05) is 15.9 Å². The predicted molar refractivity (Wildman–Crippen MR) is 80.0 cm³/mol. The van der Waals surface area contributed by atoms with Crippen LogP contribution >= 0.6 is 27.7 Å². The van der Waals surface area contributed by atoms with E-state index in [2.05, 4.69) is 21.2 Å². The van der Waals surface area contributed by atoms with E-state index in [1.165, 1.54) is 11.8 Å². The number of carbonyl (C=O) groups excluding carboxylic acids is 1. The molecule has 1 atom stereocenters. The van der Waals surface area contributed by atoms with Crippen molar-refractivity contribution in [2.45, 2.75) is 23.6 Å². The Balaban J connectivity index is 1.83. The van der Waals surface area contributed by atoms with E-state index < -0.39 is 0 Å². The summed E-state index contributed by atoms with van der Waals surface area (Å²) in [6.07, 6.45) is 1.60. The average molecular weight is 340 g/mol. The van der Waals surface area contributed by atoms with Gasteiger partial charge in [0.25, 0.3) is 0 Å². The Hall–Kier alpha value is -1.20. The summed E-state index contributed by atoms with van der Waals surface area (Å²) in [4.78, 5) is 13.0. The number of furan rings is 1. The number of halogens is 1. The standard InChI is InChI=1S/C14H14BrNO2S/c1-10(19-13-6-4-11(15)5-7-13)14(17)16-9-12-3-2-8-18-12/h2-8,10H,9H2,1H3,(H,16,17)/t10-/m0/s1. The van der Waals surface area contributed by atoms with Crippen LogP contribution in [0.3, 0.4) is 0 Å². The molecule has 0 aliphatic carbocycles. The topological polar surface area (TPSA) is 42.2 Å². The van der Waals surface area contributed by atoms with Crippen molar-refractivity contribution in [1.29, 1.82) is 0 Å². The maximum Gasteiger partial charge on any atom is 0.233 e. The third-order valence-electron chi connectivity index (χ3n) is 2.51. The van der Waals surface area contributed by atoms with E-state index in [4.69, 9.17) is 4.42 Å². The summed E-state index contributed by atoms with van der Waals surface area (Å²) < 4.78 is 6.20. The quantitative estimate of drug-likeness (QED) is 0.841. The SMILES string of the molecule is C[C@H](Sc1ccc(Br)cc1)C(=O)NCc1ccco1. The van der Waals surface area contributed by atoms with Gasteiger partial charge in [0.1, 0.15) is 5.76 Å². The summed E-state index contributed by atoms with van der Waals surface area (Å²) in [6, 6.07) is 11.6. The Kier molecular flexibility index (Phi) is 5.10. The summed E-state index contributed by atoms with van der Waals surface area (Å²) in [6.45, 7) is 2.32. The molecule has 1 aromatic heterocycles. The lowest BCUT2D eigenvalue weighted by atomic mass is 10.4. The Morgan fingerprint density at radius 2 is 2.11 bits per heavy atom. The molecule has 100 valence electrons. The van der Waals surface area contributed by atoms with Gasteiger partial charge in [-0.15, -0.1) is 11.8 Å². The fraction of sp³-hybridized carbons (Fsp3) is 0.214. The molecular formula is C14H14BrNO2S. The van der Waals surface area contributed by atoms with Gasteiger partial charge in [-0.3, -0.25) is 4.79 Å². The molecule has 0 bridgehead atoms. The normalized spacial score (nSPS) is 12.1. The van der Waals surface area contributed by atoms with Crippen molar-refractivity contribution < 1.29 is 9.21 Å². The molecule has 1 amide bonds. The van der Waals surface area contributed by atoms with Crippen molar-refractivity contribution in [2.75, 3.05) is 0 Å². The minimum atomic E-state index is -0.142. The van der Waals surface area contributed by atoms with Crippen LogP contribution in [0.15, 0.2) is 56.4 Å². The first kappa shape index (κ1) is 14.2. The van der Waals surface area contributed by atoms with E-state index in [1.54, 1.807) is 6.26 Å². The van der Waals surface area contributed by atoms with Crippen molar-refractivity contribution in [2.24, 2.45) is 0 Å². The third-order valence-corrected chi connectivity index (χ3v) is 4.15. The van der Waals surface area contributed by atoms with Gasteiger partial charge in [-0.25, -0.2) is 0 Å². The van der Waals surface area contributed by atoms with Crippen LogP contribution < -0.4 is 5.32 Å². The van der Waals surface area contributed by atoms with Crippen LogP contribution in [-0.2, 0) is 11.3 Å². The van der Waals surface area contributed by atoms with E-state index in [-0.39, 0.29) is 11.2 Å². The number of rotatable bonds is 5. The van der Waals surface area contributed by atoms with Gasteiger partial charge in [-0.2, -0.15) is 0 Å². The van der Waals surface area contributed by atoms with E-state index >= 15 is 0 Å². The number of carbonyl (C=O) groups is 1. The second-order valence-corrected chi connectivity index (χ2v) is 6.34. The van der Waals surface area contributed by atoms with Gasteiger partial charge in [0.2, 0.25) is 5.91 Å². The van der Waals surface area contributed by atoms with Crippen LogP contribution in [0.2, 0.25) is 0 Å². The van der Waals surface area contributed by atoms with E-state index in [0.29, 0.717) is 6.54 Å². The lowest BCUT2D eigenvalue weighted by Crippen LogP contribution is -2.30. The molecule has 3 nitrogen and oxygen atoms in total. The third kappa shape index (κ3) is 4.44. The fourth-order valence-corrected chi connectivity index (χ4v) is 2.66. The highest BCUT2D eigenvalue weighted by Gasteiger charge is 2.14. The lowest BCUT2D eigenvalue weighted by Gasteiger charge is -2.11. The minimum absolute atomic E-state index is 0.00400. The molecule has 1 aromatic carbocycles. The van der Waals surface area contributed by atoms with Crippen molar-refractivity contribution in [1.82, 2.24) is 5.32 Å². The van der Waals surface area contributed by atoms with Gasteiger partial charge >= 0.3 is 0 Å². The molecule has 0 saturated carbocycles. The zero-order valence-electron chi connectivity index (χ0n) is 10.4. The molecule has 2 aromatic rings. The zero-order chi connectivity index (χ0) is 13.7. The number of thioether (sulfide) groups is 1. The molecule has 19 heavy (non-hydrogen) atoms. The van der Waals surface area contributed by atoms with Crippen LogP contribution in [-0.4, -0.2) is 11.2 Å². The van der Waals surface area contributed by atoms with Gasteiger partial charge in [-0.05, 0) is 43.3 Å². The van der Waals surface area contributed by atoms with Crippen LogP contribution in [0, 0.1) is 0 Å². The highest BCUT2D eigenvalue weighted by Crippen LogP contribution is 2.24. The molecule has 0 radical (unpaired) electrons. The summed E-state index contributed by atoms with van der Waals surface area (Å²) in [7, 11) is 0. The van der Waals surface area contributed by atoms with Crippen molar-refractivity contribution >= 4 is 33.6 Å². The minimum Gasteiger partial charge on any atom is -0.467 e. The largest absolute Gasteiger partial charge is 0.467 e. The van der Waals surface area contributed by atoms with Crippen molar-refractivity contribution in [3.63, 3.8) is 0 Å². The first-order chi connectivity index (χ1) is 9.15. The zero-order valence-corrected chi connectivity index (χ0v) is 12.8. The summed E-state index contributed by atoms with van der Waals surface area (Å²) >= 11 is 4.92. The molecule has 0 aliphatic rings. The monoisotopic (exact) mass is 339 g/mol. The van der Waals surface area contributed by atoms with Gasteiger partial charge in [0.15, 0.2) is 0 Å². The molecule has 0 saturated heterocycles. The number of hydrogen-bond acceptors (Lipinski definition) is 3. The van der Waals surface area contributed by atoms with Crippen LogP contribution in [0.5, 0.6) is 0 Å². The molecule has 0 aliphatic heterocycles. The Labute approximate surface area is 124 Å². The molecule has 0 fully saturated rings. The van der Waals surface area contributed by atoms with Gasteiger partial charge in [0, 0.05) is 9.37 Å². The molecule has 0 unspecified atom stereocenters. The van der Waals surface area contributed by atoms with Crippen molar-refractivity contribution in [3.05, 3.63) is 52.9 Å². The Morgan fingerprint density at radius 3 is 2.74 bits per heavy atom. The Bertz CT molecular complexity index is 525. The van der Waals surface area contributed by atoms with Crippen LogP contribution in [0.1, 0.15) is 12.7 Å². The second kappa shape index (κ2) is 6.82. The van der Waals surface area contributed by atoms with Crippen LogP contribution in [0.4, 0.5) is 0 Å². The van der Waals surface area contributed by atoms with Gasteiger partial charge in [0.05, 0.1) is 18.1 Å². The maximum atomic E-state index is 11.9. The maximum absolute atomic E-state index is 11.9. The highest BCUT2D eigenvalue weighted by atomic mass is 79.9. The lowest BCUT2D eigenvalue weighted by molar-refractivity contribution is -0.120. The first-order valence-corrected chi connectivity index (χ1v) is 7.55. The molecule has 0 spiro atoms. The number of hydrogen-bond donors (Lipinski definition) is 1. The van der Waals surface area contributed by atoms with Gasteiger partial charge < -0.3 is 9.73 Å².